The summed E-state index contributed by atoms with van der Waals surface area (Å²) in [6.45, 7) is 3.45. The molecule has 1 aromatic carbocycles. The molecule has 1 aromatic heterocycles. The van der Waals surface area contributed by atoms with E-state index < -0.39 is 0 Å². The van der Waals surface area contributed by atoms with Crippen LogP contribution in [-0.4, -0.2) is 29.5 Å². The fourth-order valence-corrected chi connectivity index (χ4v) is 2.27. The number of benzene rings is 1. The van der Waals surface area contributed by atoms with Gasteiger partial charge in [-0.05, 0) is 18.2 Å². The number of methoxy groups -OCH3 is 1. The molecule has 21 heavy (non-hydrogen) atoms. The highest BCUT2D eigenvalue weighted by Gasteiger charge is 2.15. The third-order valence-corrected chi connectivity index (χ3v) is 3.22. The highest BCUT2D eigenvalue weighted by molar-refractivity contribution is 6.09. The second-order valence-corrected chi connectivity index (χ2v) is 5.00. The van der Waals surface area contributed by atoms with Crippen LogP contribution in [0.4, 0.5) is 0 Å². The predicted molar refractivity (Wildman–Crippen MR) is 80.2 cm³/mol. The van der Waals surface area contributed by atoms with E-state index >= 15 is 0 Å². The van der Waals surface area contributed by atoms with Crippen molar-refractivity contribution < 1.29 is 9.26 Å². The van der Waals surface area contributed by atoms with Gasteiger partial charge >= 0.3 is 0 Å². The SMILES string of the molecule is COc1cc(CN2CC(C)=CC(c3ccccc3)=N2)on1. The highest BCUT2D eigenvalue weighted by atomic mass is 16.5. The third kappa shape index (κ3) is 3.13. The Morgan fingerprint density at radius 3 is 2.81 bits per heavy atom. The first kappa shape index (κ1) is 13.4. The van der Waals surface area contributed by atoms with Gasteiger partial charge in [-0.25, -0.2) is 0 Å². The van der Waals surface area contributed by atoms with Crippen LogP contribution in [0.2, 0.25) is 0 Å². The molecule has 0 atom stereocenters. The van der Waals surface area contributed by atoms with Gasteiger partial charge < -0.3 is 9.26 Å². The van der Waals surface area contributed by atoms with Gasteiger partial charge in [-0.3, -0.25) is 5.01 Å². The Bertz CT molecular complexity index is 674. The summed E-state index contributed by atoms with van der Waals surface area (Å²) >= 11 is 0. The molecule has 0 unspecified atom stereocenters. The van der Waals surface area contributed by atoms with Crippen LogP contribution >= 0.6 is 0 Å². The van der Waals surface area contributed by atoms with Crippen molar-refractivity contribution in [1.29, 1.82) is 0 Å². The van der Waals surface area contributed by atoms with E-state index in [1.807, 2.05) is 23.2 Å². The lowest BCUT2D eigenvalue weighted by atomic mass is 10.1. The summed E-state index contributed by atoms with van der Waals surface area (Å²) < 4.78 is 10.3. The minimum atomic E-state index is 0.488. The molecule has 0 saturated heterocycles. The zero-order valence-corrected chi connectivity index (χ0v) is 12.1. The molecule has 0 aliphatic carbocycles. The summed E-state index contributed by atoms with van der Waals surface area (Å²) in [5, 5.41) is 10.5. The van der Waals surface area contributed by atoms with E-state index in [-0.39, 0.29) is 0 Å². The molecule has 0 spiro atoms. The number of nitrogens with zero attached hydrogens (tertiary/aromatic N) is 3. The summed E-state index contributed by atoms with van der Waals surface area (Å²) in [5.74, 6) is 1.22. The van der Waals surface area contributed by atoms with Gasteiger partial charge in [-0.2, -0.15) is 5.10 Å². The lowest BCUT2D eigenvalue weighted by molar-refractivity contribution is 0.250. The molecule has 1 aliphatic heterocycles. The minimum absolute atomic E-state index is 0.488. The van der Waals surface area contributed by atoms with Gasteiger partial charge in [0.1, 0.15) is 0 Å². The number of ether oxygens (including phenoxy) is 1. The number of rotatable bonds is 4. The van der Waals surface area contributed by atoms with Gasteiger partial charge in [-0.15, -0.1) is 0 Å². The molecule has 3 rings (SSSR count). The topological polar surface area (TPSA) is 50.9 Å². The Kier molecular flexibility index (Phi) is 3.73. The molecular formula is C16H17N3O2. The van der Waals surface area contributed by atoms with Crippen LogP contribution in [0.5, 0.6) is 5.88 Å². The van der Waals surface area contributed by atoms with Crippen molar-refractivity contribution in [2.24, 2.45) is 5.10 Å². The van der Waals surface area contributed by atoms with Gasteiger partial charge in [-0.1, -0.05) is 35.9 Å². The fourth-order valence-electron chi connectivity index (χ4n) is 2.27. The van der Waals surface area contributed by atoms with Crippen LogP contribution in [-0.2, 0) is 6.54 Å². The highest BCUT2D eigenvalue weighted by Crippen LogP contribution is 2.18. The summed E-state index contributed by atoms with van der Waals surface area (Å²) in [5.41, 5.74) is 3.33. The molecule has 0 saturated carbocycles. The van der Waals surface area contributed by atoms with Gasteiger partial charge in [0, 0.05) is 11.6 Å². The molecule has 0 radical (unpaired) electrons. The molecule has 5 heteroatoms. The molecule has 0 bridgehead atoms. The molecule has 108 valence electrons. The third-order valence-electron chi connectivity index (χ3n) is 3.22. The van der Waals surface area contributed by atoms with Crippen molar-refractivity contribution in [3.63, 3.8) is 0 Å². The van der Waals surface area contributed by atoms with Gasteiger partial charge in [0.15, 0.2) is 5.76 Å². The molecule has 5 nitrogen and oxygen atoms in total. The predicted octanol–water partition coefficient (Wildman–Crippen LogP) is 2.85. The Hall–Kier alpha value is -2.56. The van der Waals surface area contributed by atoms with Crippen molar-refractivity contribution >= 4 is 5.71 Å². The second kappa shape index (κ2) is 5.83. The van der Waals surface area contributed by atoms with Crippen LogP contribution in [0, 0.1) is 0 Å². The van der Waals surface area contributed by atoms with Crippen LogP contribution < -0.4 is 4.74 Å². The maximum atomic E-state index is 5.23. The standard InChI is InChI=1S/C16H17N3O2/c1-12-8-15(13-6-4-3-5-7-13)17-19(10-12)11-14-9-16(20-2)18-21-14/h3-9H,10-11H2,1-2H3. The summed E-state index contributed by atoms with van der Waals surface area (Å²) in [6, 6.07) is 11.9. The van der Waals surface area contributed by atoms with Crippen LogP contribution in [0.3, 0.4) is 0 Å². The zero-order chi connectivity index (χ0) is 14.7. The number of allylic oxidation sites excluding steroid dienone is 1. The van der Waals surface area contributed by atoms with Crippen molar-refractivity contribution in [3.8, 4) is 5.88 Å². The maximum absolute atomic E-state index is 5.23. The van der Waals surface area contributed by atoms with E-state index in [2.05, 4.69) is 35.4 Å². The molecule has 2 heterocycles. The van der Waals surface area contributed by atoms with Crippen molar-refractivity contribution in [3.05, 3.63) is 59.4 Å². The molecular weight excluding hydrogens is 266 g/mol. The van der Waals surface area contributed by atoms with E-state index in [9.17, 15) is 0 Å². The molecule has 0 amide bonds. The minimum Gasteiger partial charge on any atom is -0.479 e. The summed E-state index contributed by atoms with van der Waals surface area (Å²) in [4.78, 5) is 0. The number of hydrogen-bond donors (Lipinski definition) is 0. The van der Waals surface area contributed by atoms with Crippen molar-refractivity contribution in [2.45, 2.75) is 13.5 Å². The second-order valence-electron chi connectivity index (χ2n) is 5.00. The van der Waals surface area contributed by atoms with Gasteiger partial charge in [0.05, 0.1) is 25.9 Å². The van der Waals surface area contributed by atoms with E-state index in [1.54, 1.807) is 13.2 Å². The Balaban J connectivity index is 1.80. The smallest absolute Gasteiger partial charge is 0.254 e. The number of hydrogen-bond acceptors (Lipinski definition) is 5. The lowest BCUT2D eigenvalue weighted by Gasteiger charge is -2.23. The molecule has 0 N–H and O–H groups in total. The Morgan fingerprint density at radius 1 is 1.29 bits per heavy atom. The van der Waals surface area contributed by atoms with Crippen LogP contribution in [0.1, 0.15) is 18.2 Å². The van der Waals surface area contributed by atoms with Crippen LogP contribution in [0.25, 0.3) is 0 Å². The average molecular weight is 283 g/mol. The van der Waals surface area contributed by atoms with E-state index in [0.717, 1.165) is 23.6 Å². The number of hydrazone groups is 1. The summed E-state index contributed by atoms with van der Waals surface area (Å²) in [6.07, 6.45) is 2.12. The van der Waals surface area contributed by atoms with Crippen molar-refractivity contribution in [1.82, 2.24) is 10.2 Å². The number of aromatic nitrogens is 1. The monoisotopic (exact) mass is 283 g/mol. The molecule has 2 aromatic rings. The van der Waals surface area contributed by atoms with Gasteiger partial charge in [0.25, 0.3) is 5.88 Å². The van der Waals surface area contributed by atoms with Crippen molar-refractivity contribution in [2.75, 3.05) is 13.7 Å². The van der Waals surface area contributed by atoms with E-state index in [1.165, 1.54) is 5.57 Å². The molecule has 1 aliphatic rings. The Morgan fingerprint density at radius 2 is 2.10 bits per heavy atom. The normalized spacial score (nSPS) is 14.7. The lowest BCUT2D eigenvalue weighted by Crippen LogP contribution is -2.25. The first-order chi connectivity index (χ1) is 10.2. The maximum Gasteiger partial charge on any atom is 0.254 e. The first-order valence-corrected chi connectivity index (χ1v) is 6.80. The fraction of sp³-hybridized carbons (Fsp3) is 0.250. The Labute approximate surface area is 123 Å². The van der Waals surface area contributed by atoms with Crippen LogP contribution in [0.15, 0.2) is 57.7 Å². The van der Waals surface area contributed by atoms with E-state index in [0.29, 0.717) is 12.4 Å². The van der Waals surface area contributed by atoms with Gasteiger partial charge in [0.2, 0.25) is 0 Å². The quantitative estimate of drug-likeness (QED) is 0.865. The van der Waals surface area contributed by atoms with E-state index in [4.69, 9.17) is 9.26 Å². The molecule has 0 fully saturated rings. The largest absolute Gasteiger partial charge is 0.479 e. The summed E-state index contributed by atoms with van der Waals surface area (Å²) in [7, 11) is 1.57. The average Bonchev–Trinajstić information content (AvgIpc) is 2.95. The zero-order valence-electron chi connectivity index (χ0n) is 12.1. The first-order valence-electron chi connectivity index (χ1n) is 6.80.